The average Bonchev–Trinajstić information content (AvgIpc) is 3.21. The van der Waals surface area contributed by atoms with Crippen LogP contribution in [-0.2, 0) is 4.79 Å². The molecule has 0 bridgehead atoms. The van der Waals surface area contributed by atoms with Gasteiger partial charge in [-0.25, -0.2) is 0 Å². The van der Waals surface area contributed by atoms with E-state index in [1.54, 1.807) is 24.3 Å². The van der Waals surface area contributed by atoms with E-state index in [0.717, 1.165) is 25.9 Å². The molecule has 2 aliphatic rings. The molecule has 5 nitrogen and oxygen atoms in total. The van der Waals surface area contributed by atoms with Gasteiger partial charge in [-0.3, -0.25) is 4.79 Å². The molecule has 2 aliphatic heterocycles. The average molecular weight is 313 g/mol. The number of carbonyl (C=O) groups excluding carboxylic acids is 1. The van der Waals surface area contributed by atoms with Gasteiger partial charge in [0.2, 0.25) is 0 Å². The van der Waals surface area contributed by atoms with Gasteiger partial charge in [0.25, 0.3) is 5.91 Å². The molecule has 1 amide bonds. The van der Waals surface area contributed by atoms with Crippen molar-refractivity contribution in [3.05, 3.63) is 29.8 Å². The quantitative estimate of drug-likeness (QED) is 0.853. The zero-order chi connectivity index (χ0) is 16.2. The number of hydrogen-bond acceptors (Lipinski definition) is 4. The molecule has 0 radical (unpaired) electrons. The third kappa shape index (κ3) is 3.48. The molecule has 23 heavy (non-hydrogen) atoms. The second kappa shape index (κ2) is 7.01. The summed E-state index contributed by atoms with van der Waals surface area (Å²) in [4.78, 5) is 16.9. The van der Waals surface area contributed by atoms with Crippen molar-refractivity contribution >= 4 is 5.91 Å². The molecule has 122 valence electrons. The van der Waals surface area contributed by atoms with E-state index < -0.39 is 0 Å². The Hall–Kier alpha value is -2.06. The summed E-state index contributed by atoms with van der Waals surface area (Å²) < 4.78 is 5.60. The Bertz CT molecular complexity index is 593. The number of likely N-dealkylation sites (tertiary alicyclic amines) is 2. The lowest BCUT2D eigenvalue weighted by molar-refractivity contribution is -0.135. The summed E-state index contributed by atoms with van der Waals surface area (Å²) in [7, 11) is 2.16. The van der Waals surface area contributed by atoms with Crippen molar-refractivity contribution in [2.45, 2.75) is 37.8 Å². The zero-order valence-electron chi connectivity index (χ0n) is 13.6. The molecule has 0 aromatic heterocycles. The Morgan fingerprint density at radius 2 is 1.91 bits per heavy atom. The normalized spacial score (nSPS) is 24.6. The number of nitriles is 1. The van der Waals surface area contributed by atoms with Crippen molar-refractivity contribution in [2.75, 3.05) is 26.7 Å². The fourth-order valence-corrected chi connectivity index (χ4v) is 3.78. The Morgan fingerprint density at radius 3 is 2.57 bits per heavy atom. The number of amides is 1. The number of rotatable bonds is 4. The van der Waals surface area contributed by atoms with Crippen LogP contribution >= 0.6 is 0 Å². The molecule has 5 heteroatoms. The van der Waals surface area contributed by atoms with Crippen LogP contribution in [0.3, 0.4) is 0 Å². The predicted octanol–water partition coefficient (Wildman–Crippen LogP) is 2.02. The monoisotopic (exact) mass is 313 g/mol. The highest BCUT2D eigenvalue weighted by molar-refractivity contribution is 5.78. The summed E-state index contributed by atoms with van der Waals surface area (Å²) in [5.74, 6) is 0.697. The van der Waals surface area contributed by atoms with Gasteiger partial charge in [0.15, 0.2) is 6.61 Å². The van der Waals surface area contributed by atoms with E-state index in [4.69, 9.17) is 10.00 Å². The third-order valence-electron chi connectivity index (χ3n) is 4.99. The van der Waals surface area contributed by atoms with Crippen LogP contribution in [0.5, 0.6) is 5.75 Å². The largest absolute Gasteiger partial charge is 0.484 e. The molecule has 2 saturated heterocycles. The first-order chi connectivity index (χ1) is 11.2. The highest BCUT2D eigenvalue weighted by Crippen LogP contribution is 2.29. The van der Waals surface area contributed by atoms with Gasteiger partial charge in [-0.2, -0.15) is 5.26 Å². The molecule has 0 unspecified atom stereocenters. The summed E-state index contributed by atoms with van der Waals surface area (Å²) in [6.07, 6.45) is 4.58. The molecule has 2 heterocycles. The minimum atomic E-state index is 0.0668. The smallest absolute Gasteiger partial charge is 0.260 e. The van der Waals surface area contributed by atoms with Crippen LogP contribution in [-0.4, -0.2) is 54.5 Å². The molecule has 1 aromatic carbocycles. The van der Waals surface area contributed by atoms with Gasteiger partial charge in [-0.05, 0) is 63.5 Å². The molecular weight excluding hydrogens is 290 g/mol. The van der Waals surface area contributed by atoms with Crippen LogP contribution in [0.1, 0.15) is 31.2 Å². The maximum absolute atomic E-state index is 12.5. The van der Waals surface area contributed by atoms with E-state index in [9.17, 15) is 4.79 Å². The van der Waals surface area contributed by atoms with Gasteiger partial charge in [0.1, 0.15) is 5.75 Å². The first kappa shape index (κ1) is 15.8. The van der Waals surface area contributed by atoms with Gasteiger partial charge in [-0.1, -0.05) is 0 Å². The maximum Gasteiger partial charge on any atom is 0.260 e. The Balaban J connectivity index is 1.57. The number of hydrogen-bond donors (Lipinski definition) is 0. The van der Waals surface area contributed by atoms with Crippen LogP contribution in [0.2, 0.25) is 0 Å². The number of benzene rings is 1. The zero-order valence-corrected chi connectivity index (χ0v) is 13.6. The van der Waals surface area contributed by atoms with Crippen molar-refractivity contribution in [3.63, 3.8) is 0 Å². The number of likely N-dealkylation sites (N-methyl/N-ethyl adjacent to an activating group) is 1. The number of nitrogens with zero attached hydrogens (tertiary/aromatic N) is 3. The summed E-state index contributed by atoms with van der Waals surface area (Å²) in [5, 5.41) is 8.79. The highest BCUT2D eigenvalue weighted by atomic mass is 16.5. The summed E-state index contributed by atoms with van der Waals surface area (Å²) >= 11 is 0. The lowest BCUT2D eigenvalue weighted by Gasteiger charge is -2.33. The topological polar surface area (TPSA) is 56.6 Å². The summed E-state index contributed by atoms with van der Waals surface area (Å²) in [5.41, 5.74) is 0.590. The van der Waals surface area contributed by atoms with E-state index in [1.807, 2.05) is 4.90 Å². The Labute approximate surface area is 137 Å². The van der Waals surface area contributed by atoms with Gasteiger partial charge >= 0.3 is 0 Å². The van der Waals surface area contributed by atoms with E-state index in [1.165, 1.54) is 12.8 Å². The lowest BCUT2D eigenvalue weighted by Crippen LogP contribution is -2.48. The van der Waals surface area contributed by atoms with Crippen molar-refractivity contribution < 1.29 is 9.53 Å². The predicted molar refractivity (Wildman–Crippen MR) is 87.0 cm³/mol. The first-order valence-electron chi connectivity index (χ1n) is 8.31. The van der Waals surface area contributed by atoms with Crippen LogP contribution in [0.4, 0.5) is 0 Å². The summed E-state index contributed by atoms with van der Waals surface area (Å²) in [6, 6.07) is 9.77. The van der Waals surface area contributed by atoms with Crippen molar-refractivity contribution in [1.82, 2.24) is 9.80 Å². The standard InChI is InChI=1S/C18H23N3O2/c1-20-10-2-4-16(20)17-5-3-11-21(17)18(22)13-23-15-8-6-14(12-19)7-9-15/h6-9,16-17H,2-5,10-11,13H2,1H3/t16-,17+/m1/s1. The molecule has 0 saturated carbocycles. The van der Waals surface area contributed by atoms with Crippen LogP contribution in [0.15, 0.2) is 24.3 Å². The van der Waals surface area contributed by atoms with E-state index in [-0.39, 0.29) is 12.5 Å². The van der Waals surface area contributed by atoms with Crippen LogP contribution < -0.4 is 4.74 Å². The number of ether oxygens (including phenoxy) is 1. The van der Waals surface area contributed by atoms with Gasteiger partial charge in [0.05, 0.1) is 11.6 Å². The first-order valence-corrected chi connectivity index (χ1v) is 8.31. The van der Waals surface area contributed by atoms with E-state index >= 15 is 0 Å². The van der Waals surface area contributed by atoms with Crippen molar-refractivity contribution in [1.29, 1.82) is 5.26 Å². The molecule has 0 N–H and O–H groups in total. The SMILES string of the molecule is CN1CCC[C@@H]1[C@@H]1CCCN1C(=O)COc1ccc(C#N)cc1. The minimum Gasteiger partial charge on any atom is -0.484 e. The third-order valence-corrected chi connectivity index (χ3v) is 4.99. The molecular formula is C18H23N3O2. The van der Waals surface area contributed by atoms with Crippen LogP contribution in [0, 0.1) is 11.3 Å². The molecule has 0 spiro atoms. The second-order valence-electron chi connectivity index (χ2n) is 6.41. The molecule has 2 atom stereocenters. The fraction of sp³-hybridized carbons (Fsp3) is 0.556. The van der Waals surface area contributed by atoms with Gasteiger partial charge in [0, 0.05) is 18.6 Å². The van der Waals surface area contributed by atoms with Gasteiger partial charge in [-0.15, -0.1) is 0 Å². The second-order valence-corrected chi connectivity index (χ2v) is 6.41. The Kier molecular flexibility index (Phi) is 4.82. The van der Waals surface area contributed by atoms with Crippen molar-refractivity contribution in [3.8, 4) is 11.8 Å². The summed E-state index contributed by atoms with van der Waals surface area (Å²) in [6.45, 7) is 2.04. The fourth-order valence-electron chi connectivity index (χ4n) is 3.78. The minimum absolute atomic E-state index is 0.0668. The van der Waals surface area contributed by atoms with Crippen molar-refractivity contribution in [2.24, 2.45) is 0 Å². The molecule has 1 aromatic rings. The van der Waals surface area contributed by atoms with Crippen LogP contribution in [0.25, 0.3) is 0 Å². The van der Waals surface area contributed by atoms with E-state index in [0.29, 0.717) is 23.4 Å². The van der Waals surface area contributed by atoms with E-state index in [2.05, 4.69) is 18.0 Å². The molecule has 0 aliphatic carbocycles. The Morgan fingerprint density at radius 1 is 1.22 bits per heavy atom. The number of carbonyl (C=O) groups is 1. The lowest BCUT2D eigenvalue weighted by atomic mass is 10.0. The molecule has 2 fully saturated rings. The van der Waals surface area contributed by atoms with Gasteiger partial charge < -0.3 is 14.5 Å². The highest BCUT2D eigenvalue weighted by Gasteiger charge is 2.38. The molecule has 3 rings (SSSR count). The maximum atomic E-state index is 12.5.